The van der Waals surface area contributed by atoms with Crippen LogP contribution in [0.15, 0.2) is 12.1 Å². The zero-order valence-corrected chi connectivity index (χ0v) is 10.6. The van der Waals surface area contributed by atoms with E-state index >= 15 is 0 Å². The molecule has 0 radical (unpaired) electrons. The summed E-state index contributed by atoms with van der Waals surface area (Å²) < 4.78 is 4.75. The second kappa shape index (κ2) is 5.85. The lowest BCUT2D eigenvalue weighted by Crippen LogP contribution is -2.37. The summed E-state index contributed by atoms with van der Waals surface area (Å²) in [6, 6.07) is 2.23. The maximum atomic E-state index is 11.7. The average molecular weight is 265 g/mol. The first-order chi connectivity index (χ1) is 8.81. The number of hydrogen-bond acceptors (Lipinski definition) is 5. The van der Waals surface area contributed by atoms with Crippen LogP contribution in [0.25, 0.3) is 0 Å². The molecule has 0 saturated heterocycles. The number of primary amides is 1. The number of amides is 3. The molecule has 0 aromatic heterocycles. The molecule has 0 fully saturated rings. The Morgan fingerprint density at radius 1 is 1.21 bits per heavy atom. The van der Waals surface area contributed by atoms with Crippen molar-refractivity contribution < 1.29 is 19.1 Å². The fourth-order valence-corrected chi connectivity index (χ4v) is 1.47. The number of carbonyl (C=O) groups is 3. The van der Waals surface area contributed by atoms with Crippen molar-refractivity contribution in [2.45, 2.75) is 13.8 Å². The van der Waals surface area contributed by atoms with Crippen molar-refractivity contribution in [3.8, 4) is 0 Å². The summed E-state index contributed by atoms with van der Waals surface area (Å²) >= 11 is 0. The Labute approximate surface area is 109 Å². The number of ether oxygens (including phenoxy) is 1. The van der Waals surface area contributed by atoms with Crippen molar-refractivity contribution in [1.82, 2.24) is 5.32 Å². The van der Waals surface area contributed by atoms with Gasteiger partial charge in [0.2, 0.25) is 0 Å². The Balaban J connectivity index is 2.71. The molecule has 1 rings (SSSR count). The van der Waals surface area contributed by atoms with E-state index in [2.05, 4.69) is 0 Å². The number of imide groups is 1. The highest BCUT2D eigenvalue weighted by molar-refractivity contribution is 5.97. The summed E-state index contributed by atoms with van der Waals surface area (Å²) in [6.45, 7) is 2.96. The van der Waals surface area contributed by atoms with Crippen molar-refractivity contribution in [3.05, 3.63) is 28.8 Å². The minimum absolute atomic E-state index is 0.273. The quantitative estimate of drug-likeness (QED) is 0.533. The number of hydrogen-bond donors (Lipinski definition) is 3. The molecule has 0 bridgehead atoms. The average Bonchev–Trinajstić information content (AvgIpc) is 2.30. The Bertz CT molecular complexity index is 540. The van der Waals surface area contributed by atoms with E-state index < -0.39 is 24.5 Å². The molecule has 0 aliphatic carbocycles. The van der Waals surface area contributed by atoms with Crippen LogP contribution in [0.3, 0.4) is 0 Å². The number of nitrogens with two attached hydrogens (primary N) is 2. The Kier molecular flexibility index (Phi) is 4.46. The molecular formula is C12H15N3O4. The number of aryl methyl sites for hydroxylation is 2. The number of nitrogen functional groups attached to an aromatic ring is 1. The lowest BCUT2D eigenvalue weighted by atomic mass is 10.0. The minimum atomic E-state index is -1.00. The number of rotatable bonds is 3. The molecule has 0 saturated carbocycles. The molecule has 0 aliphatic rings. The molecule has 0 unspecified atom stereocenters. The molecular weight excluding hydrogens is 250 g/mol. The lowest BCUT2D eigenvalue weighted by Gasteiger charge is -2.09. The molecule has 0 aliphatic heterocycles. The van der Waals surface area contributed by atoms with Gasteiger partial charge in [0.25, 0.3) is 5.91 Å². The van der Waals surface area contributed by atoms with Crippen LogP contribution in [0.1, 0.15) is 21.5 Å². The van der Waals surface area contributed by atoms with E-state index in [0.29, 0.717) is 11.3 Å². The summed E-state index contributed by atoms with van der Waals surface area (Å²) in [6.07, 6.45) is 0. The molecule has 5 N–H and O–H groups in total. The van der Waals surface area contributed by atoms with Crippen molar-refractivity contribution in [1.29, 1.82) is 0 Å². The Morgan fingerprint density at radius 3 is 2.42 bits per heavy atom. The Morgan fingerprint density at radius 2 is 1.84 bits per heavy atom. The number of benzene rings is 1. The third kappa shape index (κ3) is 3.98. The third-order valence-corrected chi connectivity index (χ3v) is 2.43. The summed E-state index contributed by atoms with van der Waals surface area (Å²) in [4.78, 5) is 33.2. The van der Waals surface area contributed by atoms with Crippen molar-refractivity contribution in [2.24, 2.45) is 5.73 Å². The second-order valence-electron chi connectivity index (χ2n) is 4.01. The van der Waals surface area contributed by atoms with Crippen molar-refractivity contribution in [3.63, 3.8) is 0 Å². The zero-order valence-electron chi connectivity index (χ0n) is 10.6. The Hall–Kier alpha value is -2.57. The first-order valence-electron chi connectivity index (χ1n) is 5.44. The summed E-state index contributed by atoms with van der Waals surface area (Å²) in [5.74, 6) is -1.48. The molecule has 7 heteroatoms. The van der Waals surface area contributed by atoms with E-state index in [9.17, 15) is 14.4 Å². The number of esters is 1. The van der Waals surface area contributed by atoms with E-state index in [4.69, 9.17) is 16.2 Å². The van der Waals surface area contributed by atoms with Crippen LogP contribution in [0, 0.1) is 13.8 Å². The molecule has 1 aromatic carbocycles. The molecule has 0 heterocycles. The van der Waals surface area contributed by atoms with E-state index in [-0.39, 0.29) is 5.56 Å². The largest absolute Gasteiger partial charge is 0.452 e. The standard InChI is InChI=1S/C12H15N3O4/c1-6-3-7(2)9(13)4-8(6)11(17)19-5-10(16)15-12(14)18/h3-4H,5,13H2,1-2H3,(H3,14,15,16,18). The van der Waals surface area contributed by atoms with E-state index in [1.165, 1.54) is 6.07 Å². The first-order valence-corrected chi connectivity index (χ1v) is 5.44. The molecule has 0 spiro atoms. The predicted octanol–water partition coefficient (Wildman–Crippen LogP) is 0.237. The van der Waals surface area contributed by atoms with Gasteiger partial charge < -0.3 is 16.2 Å². The zero-order chi connectivity index (χ0) is 14.6. The number of anilines is 1. The maximum absolute atomic E-state index is 11.7. The molecule has 7 nitrogen and oxygen atoms in total. The van der Waals surface area contributed by atoms with E-state index in [0.717, 1.165) is 5.56 Å². The van der Waals surface area contributed by atoms with Crippen LogP contribution in [-0.4, -0.2) is 24.5 Å². The fourth-order valence-electron chi connectivity index (χ4n) is 1.47. The van der Waals surface area contributed by atoms with Crippen LogP contribution in [0.5, 0.6) is 0 Å². The first kappa shape index (κ1) is 14.5. The topological polar surface area (TPSA) is 125 Å². The summed E-state index contributed by atoms with van der Waals surface area (Å²) in [7, 11) is 0. The highest BCUT2D eigenvalue weighted by Gasteiger charge is 2.14. The summed E-state index contributed by atoms with van der Waals surface area (Å²) in [5.41, 5.74) is 12.7. The van der Waals surface area contributed by atoms with Gasteiger partial charge in [0.15, 0.2) is 6.61 Å². The van der Waals surface area contributed by atoms with E-state index in [1.807, 2.05) is 6.92 Å². The van der Waals surface area contributed by atoms with Crippen molar-refractivity contribution >= 4 is 23.6 Å². The van der Waals surface area contributed by atoms with Crippen LogP contribution in [0.4, 0.5) is 10.5 Å². The molecule has 0 atom stereocenters. The number of nitrogens with one attached hydrogen (secondary N) is 1. The van der Waals surface area contributed by atoms with Crippen molar-refractivity contribution in [2.75, 3.05) is 12.3 Å². The number of carbonyl (C=O) groups excluding carboxylic acids is 3. The van der Waals surface area contributed by atoms with Gasteiger partial charge >= 0.3 is 12.0 Å². The van der Waals surface area contributed by atoms with Gasteiger partial charge in [0.05, 0.1) is 5.56 Å². The maximum Gasteiger partial charge on any atom is 0.338 e. The fraction of sp³-hybridized carbons (Fsp3) is 0.250. The van der Waals surface area contributed by atoms with Gasteiger partial charge in [-0.1, -0.05) is 6.07 Å². The van der Waals surface area contributed by atoms with Gasteiger partial charge in [-0.05, 0) is 31.0 Å². The van der Waals surface area contributed by atoms with Crippen LogP contribution in [-0.2, 0) is 9.53 Å². The minimum Gasteiger partial charge on any atom is -0.452 e. The van der Waals surface area contributed by atoms with Gasteiger partial charge in [-0.15, -0.1) is 0 Å². The van der Waals surface area contributed by atoms with Gasteiger partial charge in [-0.3, -0.25) is 10.1 Å². The van der Waals surface area contributed by atoms with Crippen LogP contribution in [0.2, 0.25) is 0 Å². The third-order valence-electron chi connectivity index (χ3n) is 2.43. The van der Waals surface area contributed by atoms with Gasteiger partial charge in [0.1, 0.15) is 0 Å². The van der Waals surface area contributed by atoms with Crippen LogP contribution >= 0.6 is 0 Å². The summed E-state index contributed by atoms with van der Waals surface area (Å²) in [5, 5.41) is 1.78. The molecule has 19 heavy (non-hydrogen) atoms. The van der Waals surface area contributed by atoms with Gasteiger partial charge in [-0.25, -0.2) is 9.59 Å². The van der Waals surface area contributed by atoms with Crippen LogP contribution < -0.4 is 16.8 Å². The second-order valence-corrected chi connectivity index (χ2v) is 4.01. The predicted molar refractivity (Wildman–Crippen MR) is 68.3 cm³/mol. The van der Waals surface area contributed by atoms with Gasteiger partial charge in [-0.2, -0.15) is 0 Å². The highest BCUT2D eigenvalue weighted by atomic mass is 16.5. The smallest absolute Gasteiger partial charge is 0.338 e. The molecule has 1 aromatic rings. The van der Waals surface area contributed by atoms with E-state index in [1.54, 1.807) is 18.3 Å². The molecule has 3 amide bonds. The monoisotopic (exact) mass is 265 g/mol. The molecule has 102 valence electrons. The normalized spacial score (nSPS) is 9.79. The lowest BCUT2D eigenvalue weighted by molar-refractivity contribution is -0.123. The highest BCUT2D eigenvalue weighted by Crippen LogP contribution is 2.18. The SMILES string of the molecule is Cc1cc(C)c(C(=O)OCC(=O)NC(N)=O)cc1N. The van der Waals surface area contributed by atoms with Gasteiger partial charge in [0, 0.05) is 5.69 Å². The number of urea groups is 1.